The molecule has 1 unspecified atom stereocenters. The lowest BCUT2D eigenvalue weighted by Crippen LogP contribution is -2.34. The summed E-state index contributed by atoms with van der Waals surface area (Å²) in [4.78, 5) is 15.9. The maximum atomic E-state index is 11.5. The summed E-state index contributed by atoms with van der Waals surface area (Å²) in [5, 5.41) is 12.9. The van der Waals surface area contributed by atoms with Crippen molar-refractivity contribution in [2.24, 2.45) is 0 Å². The number of ether oxygens (including phenoxy) is 1. The molecule has 3 N–H and O–H groups in total. The summed E-state index contributed by atoms with van der Waals surface area (Å²) in [6.45, 7) is 3.41. The van der Waals surface area contributed by atoms with Crippen molar-refractivity contribution in [2.45, 2.75) is 19.1 Å². The maximum Gasteiger partial charge on any atom is 0.349 e. The SMILES string of the molecule is CO[C@H]1CNCC1Nc1cc2n[nH]c(=O)n2c(C)n1. The van der Waals surface area contributed by atoms with Crippen LogP contribution >= 0.6 is 0 Å². The molecule has 3 rings (SSSR count). The van der Waals surface area contributed by atoms with Gasteiger partial charge in [0.05, 0.1) is 12.1 Å². The van der Waals surface area contributed by atoms with Crippen molar-refractivity contribution < 1.29 is 4.74 Å². The number of methoxy groups -OCH3 is 1. The normalized spacial score (nSPS) is 23.1. The first-order valence-corrected chi connectivity index (χ1v) is 6.14. The number of H-pyrrole nitrogens is 1. The fourth-order valence-corrected chi connectivity index (χ4v) is 2.41. The molecule has 0 aliphatic carbocycles. The van der Waals surface area contributed by atoms with Crippen molar-refractivity contribution in [2.75, 3.05) is 25.5 Å². The summed E-state index contributed by atoms with van der Waals surface area (Å²) in [6.07, 6.45) is 0.111. The molecule has 19 heavy (non-hydrogen) atoms. The Morgan fingerprint density at radius 1 is 1.53 bits per heavy atom. The number of aromatic amines is 1. The third-order valence-electron chi connectivity index (χ3n) is 3.36. The van der Waals surface area contributed by atoms with Crippen molar-refractivity contribution in [3.05, 3.63) is 22.4 Å². The van der Waals surface area contributed by atoms with Gasteiger partial charge in [-0.1, -0.05) is 0 Å². The quantitative estimate of drug-likeness (QED) is 0.666. The lowest BCUT2D eigenvalue weighted by Gasteiger charge is -2.19. The van der Waals surface area contributed by atoms with Gasteiger partial charge in [0.15, 0.2) is 5.65 Å². The summed E-state index contributed by atoms with van der Waals surface area (Å²) in [5.41, 5.74) is 0.281. The standard InChI is InChI=1S/C11H16N6O2/c1-6-13-9(3-10-15-16-11(18)17(6)10)14-7-4-12-5-8(7)19-2/h3,7-8,12,14H,4-5H2,1-2H3,(H,16,18)/t7?,8-/m0/s1. The van der Waals surface area contributed by atoms with Crippen LogP contribution in [0.15, 0.2) is 10.9 Å². The number of nitrogens with one attached hydrogen (secondary N) is 3. The smallest absolute Gasteiger partial charge is 0.349 e. The summed E-state index contributed by atoms with van der Waals surface area (Å²) < 4.78 is 6.82. The van der Waals surface area contributed by atoms with Crippen molar-refractivity contribution in [3.8, 4) is 0 Å². The number of aryl methyl sites for hydroxylation is 1. The van der Waals surface area contributed by atoms with Crippen LogP contribution in [-0.4, -0.2) is 51.9 Å². The molecule has 1 aliphatic heterocycles. The van der Waals surface area contributed by atoms with Gasteiger partial charge in [0.2, 0.25) is 0 Å². The molecule has 0 amide bonds. The summed E-state index contributed by atoms with van der Waals surface area (Å²) >= 11 is 0. The molecule has 0 radical (unpaired) electrons. The second-order valence-corrected chi connectivity index (χ2v) is 4.59. The van der Waals surface area contributed by atoms with Gasteiger partial charge in [-0.25, -0.2) is 19.3 Å². The summed E-state index contributed by atoms with van der Waals surface area (Å²) in [6, 6.07) is 1.90. The molecule has 0 saturated carbocycles. The van der Waals surface area contributed by atoms with Gasteiger partial charge in [0, 0.05) is 26.3 Å². The lowest BCUT2D eigenvalue weighted by atomic mass is 10.2. The minimum Gasteiger partial charge on any atom is -0.378 e. The van der Waals surface area contributed by atoms with Crippen LogP contribution in [0.2, 0.25) is 0 Å². The van der Waals surface area contributed by atoms with Crippen LogP contribution in [0.3, 0.4) is 0 Å². The van der Waals surface area contributed by atoms with Gasteiger partial charge in [-0.2, -0.15) is 5.10 Å². The molecule has 2 aromatic heterocycles. The highest BCUT2D eigenvalue weighted by Crippen LogP contribution is 2.13. The minimum absolute atomic E-state index is 0.111. The van der Waals surface area contributed by atoms with Crippen molar-refractivity contribution in [3.63, 3.8) is 0 Å². The van der Waals surface area contributed by atoms with Crippen LogP contribution in [0.4, 0.5) is 5.82 Å². The number of anilines is 1. The van der Waals surface area contributed by atoms with E-state index in [1.54, 1.807) is 20.1 Å². The van der Waals surface area contributed by atoms with Gasteiger partial charge in [-0.3, -0.25) is 0 Å². The van der Waals surface area contributed by atoms with Crippen molar-refractivity contribution in [1.29, 1.82) is 0 Å². The van der Waals surface area contributed by atoms with Gasteiger partial charge < -0.3 is 15.4 Å². The molecule has 102 valence electrons. The molecule has 8 heteroatoms. The Kier molecular flexibility index (Phi) is 2.96. The van der Waals surface area contributed by atoms with E-state index < -0.39 is 0 Å². The van der Waals surface area contributed by atoms with Crippen LogP contribution in [0.5, 0.6) is 0 Å². The highest BCUT2D eigenvalue weighted by atomic mass is 16.5. The van der Waals surface area contributed by atoms with Crippen LogP contribution in [0.25, 0.3) is 5.65 Å². The number of aromatic nitrogens is 4. The Bertz CT molecular complexity index is 648. The molecule has 0 aromatic carbocycles. The summed E-state index contributed by atoms with van der Waals surface area (Å²) in [5.74, 6) is 1.29. The van der Waals surface area contributed by atoms with Crippen molar-refractivity contribution >= 4 is 11.5 Å². The first-order valence-electron chi connectivity index (χ1n) is 6.14. The summed E-state index contributed by atoms with van der Waals surface area (Å²) in [7, 11) is 1.70. The third kappa shape index (κ3) is 2.08. The highest BCUT2D eigenvalue weighted by molar-refractivity contribution is 5.50. The van der Waals surface area contributed by atoms with Gasteiger partial charge >= 0.3 is 5.69 Å². The predicted octanol–water partition coefficient (Wildman–Crippen LogP) is -0.875. The molecule has 1 aliphatic rings. The average Bonchev–Trinajstić information content (AvgIpc) is 2.96. The lowest BCUT2D eigenvalue weighted by molar-refractivity contribution is 0.111. The van der Waals surface area contributed by atoms with E-state index in [-0.39, 0.29) is 17.8 Å². The fraction of sp³-hybridized carbons (Fsp3) is 0.545. The van der Waals surface area contributed by atoms with Crippen LogP contribution in [-0.2, 0) is 4.74 Å². The number of fused-ring (bicyclic) bond motifs is 1. The van der Waals surface area contributed by atoms with Crippen LogP contribution < -0.4 is 16.3 Å². The maximum absolute atomic E-state index is 11.5. The Morgan fingerprint density at radius 3 is 3.16 bits per heavy atom. The molecule has 1 fully saturated rings. The van der Waals surface area contributed by atoms with Crippen LogP contribution in [0, 0.1) is 6.92 Å². The molecular formula is C11H16N6O2. The van der Waals surface area contributed by atoms with E-state index in [2.05, 4.69) is 25.8 Å². The molecule has 2 aromatic rings. The number of rotatable bonds is 3. The zero-order chi connectivity index (χ0) is 13.4. The second kappa shape index (κ2) is 4.63. The molecule has 0 bridgehead atoms. The molecule has 0 spiro atoms. The van der Waals surface area contributed by atoms with E-state index in [9.17, 15) is 4.79 Å². The zero-order valence-electron chi connectivity index (χ0n) is 10.8. The Labute approximate surface area is 109 Å². The number of hydrogen-bond acceptors (Lipinski definition) is 6. The van der Waals surface area contributed by atoms with Crippen molar-refractivity contribution in [1.82, 2.24) is 24.9 Å². The Hall–Kier alpha value is -1.93. The van der Waals surface area contributed by atoms with Gasteiger partial charge in [-0.05, 0) is 6.92 Å². The van der Waals surface area contributed by atoms with E-state index in [0.29, 0.717) is 17.3 Å². The molecular weight excluding hydrogens is 248 g/mol. The van der Waals surface area contributed by atoms with Gasteiger partial charge in [0.25, 0.3) is 0 Å². The van der Waals surface area contributed by atoms with Gasteiger partial charge in [-0.15, -0.1) is 0 Å². The Balaban J connectivity index is 1.91. The minimum atomic E-state index is -0.274. The first kappa shape index (κ1) is 12.1. The topological polar surface area (TPSA) is 96.3 Å². The third-order valence-corrected chi connectivity index (χ3v) is 3.36. The average molecular weight is 264 g/mol. The van der Waals surface area contributed by atoms with E-state index >= 15 is 0 Å². The largest absolute Gasteiger partial charge is 0.378 e. The van der Waals surface area contributed by atoms with E-state index in [1.165, 1.54) is 4.40 Å². The Morgan fingerprint density at radius 2 is 2.37 bits per heavy atom. The highest BCUT2D eigenvalue weighted by Gasteiger charge is 2.27. The van der Waals surface area contributed by atoms with E-state index in [4.69, 9.17) is 4.74 Å². The first-order chi connectivity index (χ1) is 9.19. The predicted molar refractivity (Wildman–Crippen MR) is 69.4 cm³/mol. The van der Waals surface area contributed by atoms with E-state index in [1.807, 2.05) is 0 Å². The molecule has 2 atom stereocenters. The molecule has 3 heterocycles. The zero-order valence-corrected chi connectivity index (χ0v) is 10.8. The number of nitrogens with zero attached hydrogens (tertiary/aromatic N) is 3. The van der Waals surface area contributed by atoms with Gasteiger partial charge in [0.1, 0.15) is 11.6 Å². The number of hydrogen-bond donors (Lipinski definition) is 3. The second-order valence-electron chi connectivity index (χ2n) is 4.59. The fourth-order valence-electron chi connectivity index (χ4n) is 2.41. The molecule has 8 nitrogen and oxygen atoms in total. The van der Waals surface area contributed by atoms with E-state index in [0.717, 1.165) is 13.1 Å². The van der Waals surface area contributed by atoms with Crippen LogP contribution in [0.1, 0.15) is 5.82 Å². The monoisotopic (exact) mass is 264 g/mol. The molecule has 1 saturated heterocycles.